The monoisotopic (exact) mass is 303 g/mol. The summed E-state index contributed by atoms with van der Waals surface area (Å²) in [6, 6.07) is 12.4. The Kier molecular flexibility index (Phi) is 3.98. The molecule has 1 N–H and O–H groups in total. The van der Waals surface area contributed by atoms with Crippen molar-refractivity contribution in [2.45, 2.75) is 17.9 Å². The van der Waals surface area contributed by atoms with E-state index in [9.17, 15) is 13.9 Å². The van der Waals surface area contributed by atoms with Crippen LogP contribution in [0, 0.1) is 11.6 Å². The number of aliphatic hydroxyl groups is 1. The SMILES string of the molecule is CN1CC[C@@](O)(c2ccc(F)cc2)[C@@H](c2ccccc2F)C1. The second-order valence-corrected chi connectivity index (χ2v) is 6.02. The number of nitrogens with zero attached hydrogens (tertiary/aromatic N) is 1. The molecule has 0 radical (unpaired) electrons. The van der Waals surface area contributed by atoms with Crippen molar-refractivity contribution in [3.63, 3.8) is 0 Å². The first-order chi connectivity index (χ1) is 10.5. The summed E-state index contributed by atoms with van der Waals surface area (Å²) in [4.78, 5) is 2.08. The predicted molar refractivity (Wildman–Crippen MR) is 81.6 cm³/mol. The van der Waals surface area contributed by atoms with E-state index in [1.165, 1.54) is 18.2 Å². The van der Waals surface area contributed by atoms with Crippen molar-refractivity contribution in [1.82, 2.24) is 4.90 Å². The van der Waals surface area contributed by atoms with Crippen molar-refractivity contribution in [1.29, 1.82) is 0 Å². The highest BCUT2D eigenvalue weighted by atomic mass is 19.1. The molecule has 1 aliphatic rings. The van der Waals surface area contributed by atoms with E-state index in [1.807, 2.05) is 7.05 Å². The lowest BCUT2D eigenvalue weighted by atomic mass is 9.72. The van der Waals surface area contributed by atoms with E-state index in [-0.39, 0.29) is 11.6 Å². The molecule has 2 aromatic carbocycles. The largest absolute Gasteiger partial charge is 0.384 e. The highest BCUT2D eigenvalue weighted by Gasteiger charge is 2.43. The number of likely N-dealkylation sites (tertiary alicyclic amines) is 1. The van der Waals surface area contributed by atoms with Gasteiger partial charge in [0.1, 0.15) is 11.6 Å². The van der Waals surface area contributed by atoms with Crippen LogP contribution in [0.4, 0.5) is 8.78 Å². The Bertz CT molecular complexity index is 658. The second kappa shape index (κ2) is 5.78. The molecule has 2 atom stereocenters. The van der Waals surface area contributed by atoms with Crippen molar-refractivity contribution in [2.24, 2.45) is 0 Å². The Morgan fingerprint density at radius 2 is 1.77 bits per heavy atom. The zero-order valence-corrected chi connectivity index (χ0v) is 12.5. The van der Waals surface area contributed by atoms with Crippen LogP contribution >= 0.6 is 0 Å². The van der Waals surface area contributed by atoms with Gasteiger partial charge in [-0.1, -0.05) is 30.3 Å². The van der Waals surface area contributed by atoms with E-state index in [0.717, 1.165) is 0 Å². The first-order valence-electron chi connectivity index (χ1n) is 7.42. The smallest absolute Gasteiger partial charge is 0.126 e. The topological polar surface area (TPSA) is 23.5 Å². The maximum absolute atomic E-state index is 14.2. The summed E-state index contributed by atoms with van der Waals surface area (Å²) in [5.74, 6) is -1.05. The van der Waals surface area contributed by atoms with Crippen LogP contribution in [0.1, 0.15) is 23.5 Å². The molecule has 1 heterocycles. The molecule has 0 bridgehead atoms. The van der Waals surface area contributed by atoms with Gasteiger partial charge in [-0.15, -0.1) is 0 Å². The lowest BCUT2D eigenvalue weighted by Gasteiger charge is -2.44. The number of benzene rings is 2. The minimum Gasteiger partial charge on any atom is -0.384 e. The van der Waals surface area contributed by atoms with Crippen molar-refractivity contribution in [3.8, 4) is 0 Å². The van der Waals surface area contributed by atoms with E-state index in [2.05, 4.69) is 4.90 Å². The summed E-state index contributed by atoms with van der Waals surface area (Å²) in [5.41, 5.74) is -0.0568. The van der Waals surface area contributed by atoms with Crippen LogP contribution < -0.4 is 0 Å². The Morgan fingerprint density at radius 3 is 2.45 bits per heavy atom. The summed E-state index contributed by atoms with van der Waals surface area (Å²) < 4.78 is 27.4. The Balaban J connectivity index is 2.07. The fourth-order valence-electron chi connectivity index (χ4n) is 3.29. The van der Waals surface area contributed by atoms with Gasteiger partial charge in [-0.3, -0.25) is 0 Å². The molecule has 22 heavy (non-hydrogen) atoms. The van der Waals surface area contributed by atoms with Crippen molar-refractivity contribution < 1.29 is 13.9 Å². The quantitative estimate of drug-likeness (QED) is 0.920. The molecule has 3 rings (SSSR count). The minimum absolute atomic E-state index is 0.316. The van der Waals surface area contributed by atoms with E-state index in [4.69, 9.17) is 0 Å². The summed E-state index contributed by atoms with van der Waals surface area (Å²) in [5, 5.41) is 11.3. The average Bonchev–Trinajstić information content (AvgIpc) is 2.51. The summed E-state index contributed by atoms with van der Waals surface area (Å²) >= 11 is 0. The van der Waals surface area contributed by atoms with Gasteiger partial charge < -0.3 is 10.0 Å². The maximum Gasteiger partial charge on any atom is 0.126 e. The predicted octanol–water partition coefficient (Wildman–Crippen LogP) is 3.27. The first kappa shape index (κ1) is 15.1. The van der Waals surface area contributed by atoms with Gasteiger partial charge in [-0.25, -0.2) is 8.78 Å². The van der Waals surface area contributed by atoms with Gasteiger partial charge in [0, 0.05) is 19.0 Å². The first-order valence-corrected chi connectivity index (χ1v) is 7.42. The fourth-order valence-corrected chi connectivity index (χ4v) is 3.29. The molecule has 116 valence electrons. The van der Waals surface area contributed by atoms with Crippen LogP contribution in [0.15, 0.2) is 48.5 Å². The van der Waals surface area contributed by atoms with Crippen LogP contribution in [-0.4, -0.2) is 30.1 Å². The van der Waals surface area contributed by atoms with Gasteiger partial charge in [0.25, 0.3) is 0 Å². The number of halogens is 2. The standard InChI is InChI=1S/C18H19F2NO/c1-21-11-10-18(22,13-6-8-14(19)9-7-13)16(12-21)15-4-2-3-5-17(15)20/h2-9,16,22H,10-12H2,1H3/t16-,18-/m1/s1. The van der Waals surface area contributed by atoms with Crippen LogP contribution in [0.2, 0.25) is 0 Å². The van der Waals surface area contributed by atoms with Gasteiger partial charge >= 0.3 is 0 Å². The van der Waals surface area contributed by atoms with Crippen LogP contribution in [-0.2, 0) is 5.60 Å². The molecule has 4 heteroatoms. The Hall–Kier alpha value is -1.78. The van der Waals surface area contributed by atoms with Gasteiger partial charge in [0.2, 0.25) is 0 Å². The summed E-state index contributed by atoms with van der Waals surface area (Å²) in [6.07, 6.45) is 0.480. The van der Waals surface area contributed by atoms with Crippen LogP contribution in [0.5, 0.6) is 0 Å². The molecule has 0 amide bonds. The minimum atomic E-state index is -1.19. The van der Waals surface area contributed by atoms with Gasteiger partial charge in [0.15, 0.2) is 0 Å². The van der Waals surface area contributed by atoms with Crippen LogP contribution in [0.3, 0.4) is 0 Å². The number of piperidine rings is 1. The number of hydrogen-bond donors (Lipinski definition) is 1. The van der Waals surface area contributed by atoms with E-state index >= 15 is 0 Å². The Labute approximate surface area is 129 Å². The van der Waals surface area contributed by atoms with Crippen molar-refractivity contribution >= 4 is 0 Å². The number of hydrogen-bond acceptors (Lipinski definition) is 2. The molecule has 2 aromatic rings. The highest BCUT2D eigenvalue weighted by Crippen LogP contribution is 2.43. The van der Waals surface area contributed by atoms with E-state index in [1.54, 1.807) is 30.3 Å². The molecular weight excluding hydrogens is 284 g/mol. The third-order valence-corrected chi connectivity index (χ3v) is 4.57. The molecule has 1 fully saturated rings. The molecular formula is C18H19F2NO. The molecule has 0 unspecified atom stereocenters. The number of rotatable bonds is 2. The van der Waals surface area contributed by atoms with Gasteiger partial charge in [-0.05, 0) is 42.8 Å². The number of likely N-dealkylation sites (N-methyl/N-ethyl adjacent to an activating group) is 1. The molecule has 0 saturated carbocycles. The summed E-state index contributed by atoms with van der Waals surface area (Å²) in [7, 11) is 1.96. The van der Waals surface area contributed by atoms with Gasteiger partial charge in [0.05, 0.1) is 5.60 Å². The lowest BCUT2D eigenvalue weighted by molar-refractivity contribution is -0.0428. The molecule has 0 aliphatic carbocycles. The highest BCUT2D eigenvalue weighted by molar-refractivity contribution is 5.33. The molecule has 0 spiro atoms. The Morgan fingerprint density at radius 1 is 1.09 bits per heavy atom. The third-order valence-electron chi connectivity index (χ3n) is 4.57. The van der Waals surface area contributed by atoms with Gasteiger partial charge in [-0.2, -0.15) is 0 Å². The van der Waals surface area contributed by atoms with Crippen molar-refractivity contribution in [2.75, 3.05) is 20.1 Å². The average molecular weight is 303 g/mol. The lowest BCUT2D eigenvalue weighted by Crippen LogP contribution is -2.47. The van der Waals surface area contributed by atoms with Crippen LogP contribution in [0.25, 0.3) is 0 Å². The molecule has 1 saturated heterocycles. The zero-order chi connectivity index (χ0) is 15.7. The molecule has 0 aromatic heterocycles. The molecule has 2 nitrogen and oxygen atoms in total. The zero-order valence-electron chi connectivity index (χ0n) is 12.5. The molecule has 1 aliphatic heterocycles. The maximum atomic E-state index is 14.2. The fraction of sp³-hybridized carbons (Fsp3) is 0.333. The van der Waals surface area contributed by atoms with Crippen molar-refractivity contribution in [3.05, 3.63) is 71.3 Å². The normalized spacial score (nSPS) is 26.1. The summed E-state index contributed by atoms with van der Waals surface area (Å²) in [6.45, 7) is 1.26. The van der Waals surface area contributed by atoms with E-state index in [0.29, 0.717) is 30.6 Å². The second-order valence-electron chi connectivity index (χ2n) is 6.02. The third kappa shape index (κ3) is 2.64. The van der Waals surface area contributed by atoms with E-state index < -0.39 is 11.5 Å².